The first kappa shape index (κ1) is 10.7. The molecule has 0 aliphatic heterocycles. The molecule has 1 aliphatic rings. The standard InChI is InChI=1S/C11H14ClFN2/c12-10-5-7(13)1-4-11(10)15-9-3-2-8(14)6-9/h1,4-5,8-9,15H,2-3,6,14H2. The molecule has 0 amide bonds. The maximum absolute atomic E-state index is 12.8. The molecule has 1 aromatic rings. The molecule has 0 radical (unpaired) electrons. The molecule has 1 aromatic carbocycles. The fraction of sp³-hybridized carbons (Fsp3) is 0.455. The molecule has 0 heterocycles. The van der Waals surface area contributed by atoms with Crippen LogP contribution in [-0.4, -0.2) is 12.1 Å². The van der Waals surface area contributed by atoms with Crippen LogP contribution in [-0.2, 0) is 0 Å². The SMILES string of the molecule is NC1CCC(Nc2ccc(F)cc2Cl)C1. The van der Waals surface area contributed by atoms with E-state index in [9.17, 15) is 4.39 Å². The molecule has 2 nitrogen and oxygen atoms in total. The second kappa shape index (κ2) is 4.37. The average molecular weight is 229 g/mol. The van der Waals surface area contributed by atoms with Gasteiger partial charge in [0.05, 0.1) is 10.7 Å². The predicted molar refractivity (Wildman–Crippen MR) is 60.6 cm³/mol. The van der Waals surface area contributed by atoms with Gasteiger partial charge in [-0.3, -0.25) is 0 Å². The zero-order valence-corrected chi connectivity index (χ0v) is 9.10. The van der Waals surface area contributed by atoms with Crippen molar-refractivity contribution in [1.29, 1.82) is 0 Å². The Labute approximate surface area is 93.6 Å². The third kappa shape index (κ3) is 2.61. The summed E-state index contributed by atoms with van der Waals surface area (Å²) in [4.78, 5) is 0. The van der Waals surface area contributed by atoms with Crippen molar-refractivity contribution in [2.45, 2.75) is 31.3 Å². The highest BCUT2D eigenvalue weighted by Crippen LogP contribution is 2.27. The Hall–Kier alpha value is -0.800. The molecule has 1 fully saturated rings. The van der Waals surface area contributed by atoms with Crippen molar-refractivity contribution >= 4 is 17.3 Å². The highest BCUT2D eigenvalue weighted by atomic mass is 35.5. The highest BCUT2D eigenvalue weighted by molar-refractivity contribution is 6.33. The highest BCUT2D eigenvalue weighted by Gasteiger charge is 2.21. The minimum Gasteiger partial charge on any atom is -0.381 e. The van der Waals surface area contributed by atoms with Gasteiger partial charge in [0.2, 0.25) is 0 Å². The molecule has 0 bridgehead atoms. The van der Waals surface area contributed by atoms with E-state index in [4.69, 9.17) is 17.3 Å². The van der Waals surface area contributed by atoms with E-state index in [2.05, 4.69) is 5.32 Å². The topological polar surface area (TPSA) is 38.0 Å². The summed E-state index contributed by atoms with van der Waals surface area (Å²) in [7, 11) is 0. The Morgan fingerprint density at radius 1 is 1.40 bits per heavy atom. The van der Waals surface area contributed by atoms with E-state index in [0.29, 0.717) is 11.1 Å². The Balaban J connectivity index is 2.04. The Kier molecular flexibility index (Phi) is 3.12. The van der Waals surface area contributed by atoms with E-state index in [0.717, 1.165) is 24.9 Å². The quantitative estimate of drug-likeness (QED) is 0.817. The number of halogens is 2. The number of hydrogen-bond donors (Lipinski definition) is 2. The summed E-state index contributed by atoms with van der Waals surface area (Å²) in [5.41, 5.74) is 6.60. The zero-order chi connectivity index (χ0) is 10.8. The lowest BCUT2D eigenvalue weighted by Gasteiger charge is -2.15. The summed E-state index contributed by atoms with van der Waals surface area (Å²) in [5, 5.41) is 3.71. The van der Waals surface area contributed by atoms with Crippen LogP contribution in [0.1, 0.15) is 19.3 Å². The van der Waals surface area contributed by atoms with Crippen LogP contribution >= 0.6 is 11.6 Å². The zero-order valence-electron chi connectivity index (χ0n) is 8.34. The van der Waals surface area contributed by atoms with Crippen LogP contribution in [0.25, 0.3) is 0 Å². The van der Waals surface area contributed by atoms with Crippen LogP contribution in [0.2, 0.25) is 5.02 Å². The number of nitrogens with one attached hydrogen (secondary N) is 1. The Morgan fingerprint density at radius 2 is 2.20 bits per heavy atom. The second-order valence-corrected chi connectivity index (χ2v) is 4.45. The van der Waals surface area contributed by atoms with E-state index in [1.165, 1.54) is 12.1 Å². The van der Waals surface area contributed by atoms with Gasteiger partial charge in [-0.1, -0.05) is 11.6 Å². The van der Waals surface area contributed by atoms with Crippen LogP contribution in [0, 0.1) is 5.82 Å². The van der Waals surface area contributed by atoms with Crippen molar-refractivity contribution in [2.24, 2.45) is 5.73 Å². The minimum absolute atomic E-state index is 0.279. The van der Waals surface area contributed by atoms with Gasteiger partial charge in [-0.15, -0.1) is 0 Å². The Bertz CT molecular complexity index is 356. The molecule has 1 saturated carbocycles. The largest absolute Gasteiger partial charge is 0.381 e. The van der Waals surface area contributed by atoms with Crippen molar-refractivity contribution in [3.8, 4) is 0 Å². The molecule has 1 aliphatic carbocycles. The van der Waals surface area contributed by atoms with Crippen LogP contribution in [0.3, 0.4) is 0 Å². The van der Waals surface area contributed by atoms with E-state index in [-0.39, 0.29) is 11.9 Å². The van der Waals surface area contributed by atoms with E-state index in [1.54, 1.807) is 6.07 Å². The van der Waals surface area contributed by atoms with E-state index >= 15 is 0 Å². The predicted octanol–water partition coefficient (Wildman–Crippen LogP) is 2.77. The molecule has 15 heavy (non-hydrogen) atoms. The van der Waals surface area contributed by atoms with Crippen molar-refractivity contribution < 1.29 is 4.39 Å². The van der Waals surface area contributed by atoms with E-state index < -0.39 is 0 Å². The lowest BCUT2D eigenvalue weighted by atomic mass is 10.2. The number of hydrogen-bond acceptors (Lipinski definition) is 2. The maximum Gasteiger partial charge on any atom is 0.124 e. The smallest absolute Gasteiger partial charge is 0.124 e. The summed E-state index contributed by atoms with van der Waals surface area (Å²) in [6, 6.07) is 5.04. The monoisotopic (exact) mass is 228 g/mol. The van der Waals surface area contributed by atoms with Crippen LogP contribution in [0.4, 0.5) is 10.1 Å². The summed E-state index contributed by atoms with van der Waals surface area (Å²) >= 11 is 5.91. The van der Waals surface area contributed by atoms with Crippen molar-refractivity contribution in [3.05, 3.63) is 29.0 Å². The maximum atomic E-state index is 12.8. The first-order valence-electron chi connectivity index (χ1n) is 5.12. The van der Waals surface area contributed by atoms with Crippen molar-refractivity contribution in [3.63, 3.8) is 0 Å². The van der Waals surface area contributed by atoms with Gasteiger partial charge in [0.15, 0.2) is 0 Å². The molecule has 2 rings (SSSR count). The molecular formula is C11H14ClFN2. The van der Waals surface area contributed by atoms with Crippen LogP contribution in [0.15, 0.2) is 18.2 Å². The first-order valence-corrected chi connectivity index (χ1v) is 5.50. The molecule has 82 valence electrons. The second-order valence-electron chi connectivity index (χ2n) is 4.04. The number of anilines is 1. The molecule has 0 spiro atoms. The molecular weight excluding hydrogens is 215 g/mol. The molecule has 4 heteroatoms. The molecule has 2 unspecified atom stereocenters. The van der Waals surface area contributed by atoms with Gasteiger partial charge in [-0.25, -0.2) is 4.39 Å². The van der Waals surface area contributed by atoms with Gasteiger partial charge >= 0.3 is 0 Å². The van der Waals surface area contributed by atoms with Gasteiger partial charge in [0, 0.05) is 12.1 Å². The lowest BCUT2D eigenvalue weighted by Crippen LogP contribution is -2.20. The van der Waals surface area contributed by atoms with Gasteiger partial charge in [-0.05, 0) is 37.5 Å². The van der Waals surface area contributed by atoms with E-state index in [1.807, 2.05) is 0 Å². The fourth-order valence-electron chi connectivity index (χ4n) is 1.97. The van der Waals surface area contributed by atoms with Gasteiger partial charge in [0.1, 0.15) is 5.82 Å². The molecule has 2 atom stereocenters. The summed E-state index contributed by atoms with van der Waals surface area (Å²) in [6.07, 6.45) is 3.04. The Morgan fingerprint density at radius 3 is 2.80 bits per heavy atom. The third-order valence-corrected chi connectivity index (χ3v) is 3.08. The lowest BCUT2D eigenvalue weighted by molar-refractivity contribution is 0.627. The summed E-state index contributed by atoms with van der Waals surface area (Å²) in [6.45, 7) is 0. The van der Waals surface area contributed by atoms with Gasteiger partial charge < -0.3 is 11.1 Å². The summed E-state index contributed by atoms with van der Waals surface area (Å²) in [5.74, 6) is -0.311. The van der Waals surface area contributed by atoms with Crippen molar-refractivity contribution in [1.82, 2.24) is 0 Å². The molecule has 3 N–H and O–H groups in total. The van der Waals surface area contributed by atoms with Crippen LogP contribution < -0.4 is 11.1 Å². The average Bonchev–Trinajstić information content (AvgIpc) is 2.56. The van der Waals surface area contributed by atoms with Gasteiger partial charge in [-0.2, -0.15) is 0 Å². The van der Waals surface area contributed by atoms with Crippen LogP contribution in [0.5, 0.6) is 0 Å². The first-order chi connectivity index (χ1) is 7.15. The number of benzene rings is 1. The van der Waals surface area contributed by atoms with Crippen molar-refractivity contribution in [2.75, 3.05) is 5.32 Å². The fourth-order valence-corrected chi connectivity index (χ4v) is 2.20. The molecule has 0 aromatic heterocycles. The molecule has 0 saturated heterocycles. The van der Waals surface area contributed by atoms with Gasteiger partial charge in [0.25, 0.3) is 0 Å². The minimum atomic E-state index is -0.311. The number of rotatable bonds is 2. The number of nitrogens with two attached hydrogens (primary N) is 1. The normalized spacial score (nSPS) is 25.5. The summed E-state index contributed by atoms with van der Waals surface area (Å²) < 4.78 is 12.8. The third-order valence-electron chi connectivity index (χ3n) is 2.76.